The van der Waals surface area contributed by atoms with Crippen molar-refractivity contribution in [2.45, 2.75) is 27.4 Å². The SMILES string of the molecule is CCOCc1nc(N)cc(NCC(C)(C)C(N)=O)n1. The fourth-order valence-electron chi connectivity index (χ4n) is 1.26. The Morgan fingerprint density at radius 3 is 2.74 bits per heavy atom. The van der Waals surface area contributed by atoms with Crippen LogP contribution in [-0.2, 0) is 16.1 Å². The standard InChI is InChI=1S/C12H21N5O2/c1-4-19-6-10-16-8(13)5-9(17-10)15-7-12(2,3)11(14)18/h5H,4,6-7H2,1-3H3,(H2,14,18)(H3,13,15,16,17). The van der Waals surface area contributed by atoms with Gasteiger partial charge in [0.1, 0.15) is 18.2 Å². The normalized spacial score (nSPS) is 11.3. The van der Waals surface area contributed by atoms with Crippen LogP contribution in [0.1, 0.15) is 26.6 Å². The lowest BCUT2D eigenvalue weighted by molar-refractivity contribution is -0.125. The van der Waals surface area contributed by atoms with Gasteiger partial charge in [-0.15, -0.1) is 0 Å². The molecule has 0 bridgehead atoms. The smallest absolute Gasteiger partial charge is 0.224 e. The summed E-state index contributed by atoms with van der Waals surface area (Å²) in [5.74, 6) is 1.03. The first-order valence-corrected chi connectivity index (χ1v) is 6.10. The fourth-order valence-corrected chi connectivity index (χ4v) is 1.26. The number of ether oxygens (including phenoxy) is 1. The van der Waals surface area contributed by atoms with E-state index in [4.69, 9.17) is 16.2 Å². The number of rotatable bonds is 7. The average molecular weight is 267 g/mol. The molecule has 19 heavy (non-hydrogen) atoms. The van der Waals surface area contributed by atoms with E-state index in [1.165, 1.54) is 0 Å². The molecule has 1 rings (SSSR count). The number of aromatic nitrogens is 2. The maximum atomic E-state index is 11.2. The maximum absolute atomic E-state index is 11.2. The number of nitrogens with two attached hydrogens (primary N) is 2. The van der Waals surface area contributed by atoms with Gasteiger partial charge in [0.05, 0.1) is 5.41 Å². The van der Waals surface area contributed by atoms with Crippen molar-refractivity contribution in [3.8, 4) is 0 Å². The van der Waals surface area contributed by atoms with Crippen molar-refractivity contribution in [3.63, 3.8) is 0 Å². The molecule has 7 heteroatoms. The van der Waals surface area contributed by atoms with E-state index in [1.807, 2.05) is 6.92 Å². The first-order valence-electron chi connectivity index (χ1n) is 6.10. The lowest BCUT2D eigenvalue weighted by Crippen LogP contribution is -2.37. The highest BCUT2D eigenvalue weighted by Crippen LogP contribution is 2.16. The molecular weight excluding hydrogens is 246 g/mol. The number of nitrogens with one attached hydrogen (secondary N) is 1. The lowest BCUT2D eigenvalue weighted by atomic mass is 9.93. The van der Waals surface area contributed by atoms with E-state index in [-0.39, 0.29) is 5.91 Å². The van der Waals surface area contributed by atoms with Gasteiger partial charge in [0, 0.05) is 19.2 Å². The molecule has 0 fully saturated rings. The molecule has 0 aliphatic carbocycles. The minimum atomic E-state index is -0.667. The lowest BCUT2D eigenvalue weighted by Gasteiger charge is -2.21. The van der Waals surface area contributed by atoms with E-state index in [9.17, 15) is 4.79 Å². The summed E-state index contributed by atoms with van der Waals surface area (Å²) in [6.07, 6.45) is 0. The predicted octanol–water partition coefficient (Wildman–Crippen LogP) is 0.519. The number of carbonyl (C=O) groups is 1. The van der Waals surface area contributed by atoms with Crippen molar-refractivity contribution in [3.05, 3.63) is 11.9 Å². The highest BCUT2D eigenvalue weighted by atomic mass is 16.5. The zero-order chi connectivity index (χ0) is 14.5. The number of nitrogen functional groups attached to an aromatic ring is 1. The Kier molecular flexibility index (Phi) is 5.05. The van der Waals surface area contributed by atoms with Gasteiger partial charge in [0.25, 0.3) is 0 Å². The van der Waals surface area contributed by atoms with Crippen LogP contribution in [0, 0.1) is 5.41 Å². The Hall–Kier alpha value is -1.89. The molecule has 0 aliphatic heterocycles. The van der Waals surface area contributed by atoms with Gasteiger partial charge < -0.3 is 21.5 Å². The summed E-state index contributed by atoms with van der Waals surface area (Å²) in [7, 11) is 0. The van der Waals surface area contributed by atoms with E-state index in [0.717, 1.165) is 0 Å². The number of primary amides is 1. The van der Waals surface area contributed by atoms with Crippen LogP contribution in [0.3, 0.4) is 0 Å². The van der Waals surface area contributed by atoms with Crippen LogP contribution in [0.5, 0.6) is 0 Å². The van der Waals surface area contributed by atoms with Crippen LogP contribution in [-0.4, -0.2) is 29.0 Å². The minimum Gasteiger partial charge on any atom is -0.384 e. The van der Waals surface area contributed by atoms with Gasteiger partial charge in [0.15, 0.2) is 5.82 Å². The van der Waals surface area contributed by atoms with Crippen LogP contribution in [0.15, 0.2) is 6.07 Å². The molecule has 0 atom stereocenters. The van der Waals surface area contributed by atoms with Crippen molar-refractivity contribution >= 4 is 17.5 Å². The van der Waals surface area contributed by atoms with Crippen LogP contribution in [0.2, 0.25) is 0 Å². The van der Waals surface area contributed by atoms with E-state index < -0.39 is 5.41 Å². The van der Waals surface area contributed by atoms with Crippen LogP contribution in [0.25, 0.3) is 0 Å². The predicted molar refractivity (Wildman–Crippen MR) is 73.2 cm³/mol. The summed E-state index contributed by atoms with van der Waals surface area (Å²) in [6.45, 7) is 6.65. The van der Waals surface area contributed by atoms with Gasteiger partial charge in [-0.2, -0.15) is 0 Å². The van der Waals surface area contributed by atoms with Gasteiger partial charge in [-0.25, -0.2) is 9.97 Å². The Morgan fingerprint density at radius 2 is 2.16 bits per heavy atom. The Bertz CT molecular complexity index is 448. The molecule has 5 N–H and O–H groups in total. The molecule has 1 heterocycles. The molecular formula is C12H21N5O2. The Morgan fingerprint density at radius 1 is 1.47 bits per heavy atom. The Balaban J connectivity index is 2.73. The first-order chi connectivity index (χ1) is 8.85. The first kappa shape index (κ1) is 15.2. The molecule has 0 aromatic carbocycles. The summed E-state index contributed by atoms with van der Waals surface area (Å²) in [5, 5.41) is 3.04. The second-order valence-corrected chi connectivity index (χ2v) is 4.83. The molecule has 106 valence electrons. The molecule has 0 saturated carbocycles. The third-order valence-corrected chi connectivity index (χ3v) is 2.61. The number of carbonyl (C=O) groups excluding carboxylic acids is 1. The molecule has 1 amide bonds. The number of nitrogens with zero attached hydrogens (tertiary/aromatic N) is 2. The highest BCUT2D eigenvalue weighted by molar-refractivity contribution is 5.80. The summed E-state index contributed by atoms with van der Waals surface area (Å²) in [5.41, 5.74) is 10.3. The molecule has 7 nitrogen and oxygen atoms in total. The summed E-state index contributed by atoms with van der Waals surface area (Å²) < 4.78 is 5.23. The second-order valence-electron chi connectivity index (χ2n) is 4.83. The summed E-state index contributed by atoms with van der Waals surface area (Å²) in [4.78, 5) is 19.5. The molecule has 1 aromatic heterocycles. The van der Waals surface area contributed by atoms with Gasteiger partial charge in [-0.1, -0.05) is 0 Å². The monoisotopic (exact) mass is 267 g/mol. The third-order valence-electron chi connectivity index (χ3n) is 2.61. The number of anilines is 2. The molecule has 0 aliphatic rings. The molecule has 1 aromatic rings. The van der Waals surface area contributed by atoms with E-state index in [1.54, 1.807) is 19.9 Å². The quantitative estimate of drug-likeness (QED) is 0.663. The van der Waals surface area contributed by atoms with E-state index in [0.29, 0.717) is 37.2 Å². The zero-order valence-electron chi connectivity index (χ0n) is 11.6. The number of hydrogen-bond acceptors (Lipinski definition) is 6. The van der Waals surface area contributed by atoms with Crippen molar-refractivity contribution in [1.29, 1.82) is 0 Å². The topological polar surface area (TPSA) is 116 Å². The molecule has 0 unspecified atom stereocenters. The Labute approximate surface area is 112 Å². The van der Waals surface area contributed by atoms with Crippen molar-refractivity contribution in [2.24, 2.45) is 11.1 Å². The van der Waals surface area contributed by atoms with Crippen LogP contribution in [0.4, 0.5) is 11.6 Å². The van der Waals surface area contributed by atoms with Crippen LogP contribution < -0.4 is 16.8 Å². The van der Waals surface area contributed by atoms with Crippen molar-refractivity contribution in [2.75, 3.05) is 24.2 Å². The van der Waals surface area contributed by atoms with Gasteiger partial charge in [0.2, 0.25) is 5.91 Å². The fraction of sp³-hybridized carbons (Fsp3) is 0.583. The number of hydrogen-bond donors (Lipinski definition) is 3. The maximum Gasteiger partial charge on any atom is 0.224 e. The molecule has 0 radical (unpaired) electrons. The minimum absolute atomic E-state index is 0.301. The van der Waals surface area contributed by atoms with Gasteiger partial charge in [-0.05, 0) is 20.8 Å². The molecule has 0 saturated heterocycles. The van der Waals surface area contributed by atoms with E-state index in [2.05, 4.69) is 15.3 Å². The van der Waals surface area contributed by atoms with Crippen molar-refractivity contribution in [1.82, 2.24) is 9.97 Å². The van der Waals surface area contributed by atoms with Gasteiger partial charge >= 0.3 is 0 Å². The summed E-state index contributed by atoms with van der Waals surface area (Å²) in [6, 6.07) is 1.60. The van der Waals surface area contributed by atoms with Crippen LogP contribution >= 0.6 is 0 Å². The molecule has 0 spiro atoms. The summed E-state index contributed by atoms with van der Waals surface area (Å²) >= 11 is 0. The third kappa shape index (κ3) is 4.70. The number of amides is 1. The van der Waals surface area contributed by atoms with E-state index >= 15 is 0 Å². The average Bonchev–Trinajstić information content (AvgIpc) is 2.33. The second kappa shape index (κ2) is 6.33. The largest absolute Gasteiger partial charge is 0.384 e. The van der Waals surface area contributed by atoms with Crippen molar-refractivity contribution < 1.29 is 9.53 Å². The van der Waals surface area contributed by atoms with Gasteiger partial charge in [-0.3, -0.25) is 4.79 Å². The zero-order valence-corrected chi connectivity index (χ0v) is 11.6. The highest BCUT2D eigenvalue weighted by Gasteiger charge is 2.24.